The number of rotatable bonds is 3. The summed E-state index contributed by atoms with van der Waals surface area (Å²) in [5, 5.41) is 9.56. The number of carbonyl (C=O) groups is 3. The van der Waals surface area contributed by atoms with Crippen molar-refractivity contribution in [3.63, 3.8) is 0 Å². The van der Waals surface area contributed by atoms with E-state index in [0.717, 1.165) is 16.7 Å². The quantitative estimate of drug-likeness (QED) is 0.668. The molecule has 0 radical (unpaired) electrons. The third kappa shape index (κ3) is 2.98. The molecule has 0 saturated carbocycles. The fourth-order valence-electron chi connectivity index (χ4n) is 3.83. The van der Waals surface area contributed by atoms with Gasteiger partial charge < -0.3 is 4.90 Å². The van der Waals surface area contributed by atoms with Crippen molar-refractivity contribution < 1.29 is 14.4 Å². The van der Waals surface area contributed by atoms with Crippen LogP contribution < -0.4 is 5.32 Å². The van der Waals surface area contributed by atoms with Gasteiger partial charge in [0, 0.05) is 29.7 Å². The van der Waals surface area contributed by atoms with Gasteiger partial charge in [0.25, 0.3) is 5.91 Å². The second-order valence-corrected chi connectivity index (χ2v) is 7.15. The molecule has 1 saturated heterocycles. The van der Waals surface area contributed by atoms with Crippen LogP contribution in [-0.4, -0.2) is 43.8 Å². The van der Waals surface area contributed by atoms with Crippen molar-refractivity contribution in [3.05, 3.63) is 59.7 Å². The zero-order valence-electron chi connectivity index (χ0n) is 15.4. The largest absolute Gasteiger partial charge is 0.322 e. The molecule has 1 unspecified atom stereocenters. The van der Waals surface area contributed by atoms with Crippen molar-refractivity contribution >= 4 is 17.7 Å². The number of H-pyrrole nitrogens is 1. The summed E-state index contributed by atoms with van der Waals surface area (Å²) in [5.41, 5.74) is 3.12. The number of hydrogen-bond donors (Lipinski definition) is 2. The average Bonchev–Trinajstić information content (AvgIpc) is 3.34. The fourth-order valence-corrected chi connectivity index (χ4v) is 3.83. The number of hydrogen-bond acceptors (Lipinski definition) is 5. The van der Waals surface area contributed by atoms with Crippen LogP contribution in [0.5, 0.6) is 0 Å². The van der Waals surface area contributed by atoms with E-state index in [9.17, 15) is 14.4 Å². The molecule has 1 aromatic heterocycles. The van der Waals surface area contributed by atoms with Crippen molar-refractivity contribution in [2.75, 3.05) is 0 Å². The molecule has 3 aromatic rings. The molecular weight excluding hydrogens is 370 g/mol. The van der Waals surface area contributed by atoms with Crippen molar-refractivity contribution in [2.45, 2.75) is 25.4 Å². The van der Waals surface area contributed by atoms with Crippen molar-refractivity contribution in [1.29, 1.82) is 0 Å². The third-order valence-electron chi connectivity index (χ3n) is 5.31. The van der Waals surface area contributed by atoms with E-state index in [1.807, 2.05) is 42.5 Å². The first-order valence-electron chi connectivity index (χ1n) is 9.36. The fraction of sp³-hybridized carbons (Fsp3) is 0.190. The monoisotopic (exact) mass is 387 g/mol. The molecule has 2 aliphatic rings. The summed E-state index contributed by atoms with van der Waals surface area (Å²) < 4.78 is 0. The first-order chi connectivity index (χ1) is 14.1. The Labute approximate surface area is 165 Å². The van der Waals surface area contributed by atoms with Crippen molar-refractivity contribution in [1.82, 2.24) is 25.4 Å². The van der Waals surface area contributed by atoms with Crippen LogP contribution in [-0.2, 0) is 16.1 Å². The smallest absolute Gasteiger partial charge is 0.255 e. The summed E-state index contributed by atoms with van der Waals surface area (Å²) in [7, 11) is 0. The Kier molecular flexibility index (Phi) is 3.97. The molecule has 2 N–H and O–H groups in total. The van der Waals surface area contributed by atoms with Gasteiger partial charge in [0.1, 0.15) is 6.04 Å². The summed E-state index contributed by atoms with van der Waals surface area (Å²) >= 11 is 0. The van der Waals surface area contributed by atoms with Gasteiger partial charge in [-0.1, -0.05) is 36.4 Å². The highest BCUT2D eigenvalue weighted by molar-refractivity contribution is 6.05. The van der Waals surface area contributed by atoms with Crippen LogP contribution in [0.2, 0.25) is 0 Å². The summed E-state index contributed by atoms with van der Waals surface area (Å²) in [6.45, 7) is 0.324. The van der Waals surface area contributed by atoms with E-state index in [0.29, 0.717) is 30.2 Å². The number of nitrogens with one attached hydrogen (secondary N) is 2. The Morgan fingerprint density at radius 2 is 1.83 bits per heavy atom. The Morgan fingerprint density at radius 1 is 1.00 bits per heavy atom. The third-order valence-corrected chi connectivity index (χ3v) is 5.31. The molecule has 144 valence electrons. The number of imide groups is 1. The molecule has 0 aliphatic carbocycles. The number of aromatic nitrogens is 3. The zero-order valence-corrected chi connectivity index (χ0v) is 15.4. The van der Waals surface area contributed by atoms with E-state index >= 15 is 0 Å². The Morgan fingerprint density at radius 3 is 2.62 bits per heavy atom. The number of carbonyl (C=O) groups excluding carboxylic acids is 3. The number of fused-ring (bicyclic) bond motifs is 1. The van der Waals surface area contributed by atoms with E-state index in [1.165, 1.54) is 4.90 Å². The molecular formula is C21H17N5O3. The first kappa shape index (κ1) is 17.3. The molecule has 0 bridgehead atoms. The highest BCUT2D eigenvalue weighted by Crippen LogP contribution is 2.30. The minimum atomic E-state index is -0.621. The van der Waals surface area contributed by atoms with Crippen LogP contribution in [0, 0.1) is 0 Å². The lowest BCUT2D eigenvalue weighted by atomic mass is 10.0. The van der Waals surface area contributed by atoms with Crippen LogP contribution in [0.15, 0.2) is 48.5 Å². The normalized spacial score (nSPS) is 18.7. The molecule has 8 nitrogen and oxygen atoms in total. The van der Waals surface area contributed by atoms with Gasteiger partial charge in [-0.25, -0.2) is 4.98 Å². The van der Waals surface area contributed by atoms with Crippen LogP contribution in [0.3, 0.4) is 0 Å². The van der Waals surface area contributed by atoms with Gasteiger partial charge in [-0.15, -0.1) is 0 Å². The van der Waals surface area contributed by atoms with Crippen molar-refractivity contribution in [3.8, 4) is 22.8 Å². The highest BCUT2D eigenvalue weighted by atomic mass is 16.2. The van der Waals surface area contributed by atoms with Crippen molar-refractivity contribution in [2.24, 2.45) is 0 Å². The number of piperidine rings is 1. The molecule has 3 heterocycles. The first-order valence-corrected chi connectivity index (χ1v) is 9.36. The lowest BCUT2D eigenvalue weighted by molar-refractivity contribution is -0.136. The van der Waals surface area contributed by atoms with E-state index in [-0.39, 0.29) is 18.2 Å². The Bertz CT molecular complexity index is 1140. The minimum Gasteiger partial charge on any atom is -0.322 e. The number of aromatic amines is 1. The molecule has 3 amide bonds. The van der Waals surface area contributed by atoms with Gasteiger partial charge >= 0.3 is 0 Å². The lowest BCUT2D eigenvalue weighted by Crippen LogP contribution is -2.52. The molecule has 8 heteroatoms. The highest BCUT2D eigenvalue weighted by Gasteiger charge is 2.39. The van der Waals surface area contributed by atoms with Gasteiger partial charge in [-0.2, -0.15) is 5.10 Å². The molecule has 2 aromatic carbocycles. The van der Waals surface area contributed by atoms with Crippen LogP contribution in [0.25, 0.3) is 22.8 Å². The van der Waals surface area contributed by atoms with Gasteiger partial charge in [0.15, 0.2) is 11.6 Å². The SMILES string of the molecule is O=C1CCC(N2Cc3cc(-c4n[nH]c(-c5ccccc5)n4)ccc3C2=O)C(=O)N1. The van der Waals surface area contributed by atoms with E-state index in [1.54, 1.807) is 6.07 Å². The predicted molar refractivity (Wildman–Crippen MR) is 103 cm³/mol. The molecule has 2 aliphatic heterocycles. The summed E-state index contributed by atoms with van der Waals surface area (Å²) in [5.74, 6) is 0.308. The van der Waals surface area contributed by atoms with E-state index in [2.05, 4.69) is 20.5 Å². The van der Waals surface area contributed by atoms with E-state index < -0.39 is 11.9 Å². The Hall–Kier alpha value is -3.81. The standard InChI is InChI=1S/C21H17N5O3/c27-17-9-8-16(20(28)22-17)26-11-14-10-13(6-7-15(14)21(26)29)19-23-18(24-25-19)12-4-2-1-3-5-12/h1-7,10,16H,8-9,11H2,(H,22,27,28)(H,23,24,25). The maximum atomic E-state index is 12.8. The molecule has 29 heavy (non-hydrogen) atoms. The van der Waals surface area contributed by atoms with Gasteiger partial charge in [0.05, 0.1) is 0 Å². The average molecular weight is 387 g/mol. The minimum absolute atomic E-state index is 0.194. The summed E-state index contributed by atoms with van der Waals surface area (Å²) in [4.78, 5) is 42.4. The molecule has 1 atom stereocenters. The maximum absolute atomic E-state index is 12.8. The second kappa shape index (κ2) is 6.66. The zero-order chi connectivity index (χ0) is 20.0. The molecule has 5 rings (SSSR count). The number of nitrogens with zero attached hydrogens (tertiary/aromatic N) is 3. The number of benzene rings is 2. The molecule has 1 fully saturated rings. The summed E-state index contributed by atoms with van der Waals surface area (Å²) in [6, 6.07) is 14.5. The topological polar surface area (TPSA) is 108 Å². The van der Waals surface area contributed by atoms with Gasteiger partial charge in [-0.05, 0) is 24.1 Å². The van der Waals surface area contributed by atoms with Crippen LogP contribution in [0.1, 0.15) is 28.8 Å². The Balaban J connectivity index is 1.41. The predicted octanol–water partition coefficient (Wildman–Crippen LogP) is 1.90. The van der Waals surface area contributed by atoms with Crippen LogP contribution >= 0.6 is 0 Å². The summed E-state index contributed by atoms with van der Waals surface area (Å²) in [6.07, 6.45) is 0.583. The molecule has 0 spiro atoms. The maximum Gasteiger partial charge on any atom is 0.255 e. The van der Waals surface area contributed by atoms with Gasteiger partial charge in [-0.3, -0.25) is 24.8 Å². The number of amides is 3. The second-order valence-electron chi connectivity index (χ2n) is 7.15. The van der Waals surface area contributed by atoms with E-state index in [4.69, 9.17) is 0 Å². The lowest BCUT2D eigenvalue weighted by Gasteiger charge is -2.29. The van der Waals surface area contributed by atoms with Crippen LogP contribution in [0.4, 0.5) is 0 Å². The van der Waals surface area contributed by atoms with Gasteiger partial charge in [0.2, 0.25) is 11.8 Å².